The maximum absolute atomic E-state index is 3.85. The van der Waals surface area contributed by atoms with Gasteiger partial charge in [-0.05, 0) is 36.3 Å². The number of rotatable bonds is 4. The molecule has 2 aliphatic rings. The lowest BCUT2D eigenvalue weighted by atomic mass is 9.83. The molecule has 1 aromatic rings. The van der Waals surface area contributed by atoms with Crippen molar-refractivity contribution < 1.29 is 0 Å². The molecular formula is C16H23NS. The van der Waals surface area contributed by atoms with Gasteiger partial charge in [-0.2, -0.15) is 0 Å². The zero-order valence-corrected chi connectivity index (χ0v) is 12.1. The molecule has 18 heavy (non-hydrogen) atoms. The fraction of sp³-hybridized carbons (Fsp3) is 0.625. The predicted molar refractivity (Wildman–Crippen MR) is 79.1 cm³/mol. The van der Waals surface area contributed by atoms with Crippen molar-refractivity contribution >= 4 is 11.8 Å². The summed E-state index contributed by atoms with van der Waals surface area (Å²) in [4.78, 5) is 1.48. The van der Waals surface area contributed by atoms with E-state index in [0.29, 0.717) is 11.5 Å². The van der Waals surface area contributed by atoms with Crippen LogP contribution in [0.15, 0.2) is 29.2 Å². The normalized spacial score (nSPS) is 25.3. The Kier molecular flexibility index (Phi) is 3.67. The number of nitrogens with one attached hydrogen (secondary N) is 1. The van der Waals surface area contributed by atoms with Gasteiger partial charge in [0, 0.05) is 23.2 Å². The Morgan fingerprint density at radius 3 is 2.83 bits per heavy atom. The first kappa shape index (κ1) is 12.6. The second-order valence-electron chi connectivity index (χ2n) is 5.84. The molecule has 1 aliphatic carbocycles. The number of hydrogen-bond acceptors (Lipinski definition) is 2. The molecule has 1 atom stereocenters. The van der Waals surface area contributed by atoms with Crippen LogP contribution in [0, 0.1) is 5.41 Å². The lowest BCUT2D eigenvalue weighted by Crippen LogP contribution is -2.34. The maximum Gasteiger partial charge on any atom is 0.0426 e. The molecule has 98 valence electrons. The smallest absolute Gasteiger partial charge is 0.0426 e. The summed E-state index contributed by atoms with van der Waals surface area (Å²) in [5, 5.41) is 3.85. The van der Waals surface area contributed by atoms with E-state index in [1.807, 2.05) is 11.8 Å². The minimum Gasteiger partial charge on any atom is -0.309 e. The van der Waals surface area contributed by atoms with Gasteiger partial charge in [0.15, 0.2) is 0 Å². The molecule has 0 bridgehead atoms. The van der Waals surface area contributed by atoms with Crippen molar-refractivity contribution in [3.8, 4) is 0 Å². The summed E-state index contributed by atoms with van der Waals surface area (Å²) in [5.74, 6) is 1.21. The van der Waals surface area contributed by atoms with E-state index >= 15 is 0 Å². The van der Waals surface area contributed by atoms with Crippen LogP contribution in [0.4, 0.5) is 0 Å². The highest BCUT2D eigenvalue weighted by Crippen LogP contribution is 2.42. The molecule has 1 aliphatic heterocycles. The monoisotopic (exact) mass is 261 g/mol. The molecule has 1 aromatic carbocycles. The van der Waals surface area contributed by atoms with Crippen LogP contribution in [0.1, 0.15) is 50.6 Å². The highest BCUT2D eigenvalue weighted by Gasteiger charge is 2.33. The van der Waals surface area contributed by atoms with Gasteiger partial charge in [0.2, 0.25) is 0 Å². The fourth-order valence-electron chi connectivity index (χ4n) is 3.45. The first-order chi connectivity index (χ1) is 8.83. The van der Waals surface area contributed by atoms with Gasteiger partial charge >= 0.3 is 0 Å². The molecule has 0 aromatic heterocycles. The number of fused-ring (bicyclic) bond motifs is 1. The van der Waals surface area contributed by atoms with Crippen LogP contribution < -0.4 is 5.32 Å². The quantitative estimate of drug-likeness (QED) is 0.862. The third-order valence-corrected chi connectivity index (χ3v) is 6.02. The van der Waals surface area contributed by atoms with Gasteiger partial charge in [-0.25, -0.2) is 0 Å². The summed E-state index contributed by atoms with van der Waals surface area (Å²) in [6.07, 6.45) is 7.06. The van der Waals surface area contributed by atoms with Crippen molar-refractivity contribution in [3.63, 3.8) is 0 Å². The summed E-state index contributed by atoms with van der Waals surface area (Å²) < 4.78 is 0. The Hall–Kier alpha value is -0.470. The Bertz CT molecular complexity index is 409. The SMILES string of the molecule is CCC1(CNC2CSc3ccccc32)CCCC1. The molecule has 1 N–H and O–H groups in total. The Balaban J connectivity index is 1.65. The molecule has 0 saturated heterocycles. The minimum atomic E-state index is 0.579. The van der Waals surface area contributed by atoms with E-state index in [2.05, 4.69) is 36.5 Å². The van der Waals surface area contributed by atoms with Gasteiger partial charge in [0.25, 0.3) is 0 Å². The van der Waals surface area contributed by atoms with E-state index in [-0.39, 0.29) is 0 Å². The van der Waals surface area contributed by atoms with Crippen molar-refractivity contribution in [1.29, 1.82) is 0 Å². The standard InChI is InChI=1S/C16H23NS/c1-2-16(9-5-6-10-16)12-17-14-11-18-15-8-4-3-7-13(14)15/h3-4,7-8,14,17H,2,5-6,9-12H2,1H3. The molecule has 0 spiro atoms. The largest absolute Gasteiger partial charge is 0.309 e. The van der Waals surface area contributed by atoms with E-state index in [1.165, 1.54) is 54.9 Å². The average Bonchev–Trinajstić information content (AvgIpc) is 3.04. The third kappa shape index (κ3) is 2.33. The molecule has 1 saturated carbocycles. The van der Waals surface area contributed by atoms with Crippen LogP contribution in [0.3, 0.4) is 0 Å². The Morgan fingerprint density at radius 2 is 2.06 bits per heavy atom. The predicted octanol–water partition coefficient (Wildman–Crippen LogP) is 4.39. The lowest BCUT2D eigenvalue weighted by Gasteiger charge is -2.29. The van der Waals surface area contributed by atoms with Crippen molar-refractivity contribution in [2.24, 2.45) is 5.41 Å². The first-order valence-electron chi connectivity index (χ1n) is 7.28. The second-order valence-corrected chi connectivity index (χ2v) is 6.90. The molecule has 1 fully saturated rings. The van der Waals surface area contributed by atoms with E-state index in [1.54, 1.807) is 0 Å². The molecule has 1 heterocycles. The molecular weight excluding hydrogens is 238 g/mol. The summed E-state index contributed by atoms with van der Waals surface area (Å²) in [5.41, 5.74) is 2.12. The highest BCUT2D eigenvalue weighted by molar-refractivity contribution is 7.99. The second kappa shape index (κ2) is 5.26. The van der Waals surface area contributed by atoms with E-state index < -0.39 is 0 Å². The first-order valence-corrected chi connectivity index (χ1v) is 8.27. The van der Waals surface area contributed by atoms with E-state index in [4.69, 9.17) is 0 Å². The van der Waals surface area contributed by atoms with Crippen LogP contribution >= 0.6 is 11.8 Å². The van der Waals surface area contributed by atoms with E-state index in [9.17, 15) is 0 Å². The van der Waals surface area contributed by atoms with Gasteiger partial charge in [-0.3, -0.25) is 0 Å². The zero-order valence-electron chi connectivity index (χ0n) is 11.2. The fourth-order valence-corrected chi connectivity index (χ4v) is 4.65. The molecule has 1 unspecified atom stereocenters. The molecule has 0 radical (unpaired) electrons. The Labute approximate surface area is 115 Å². The van der Waals surface area contributed by atoms with Crippen LogP contribution in [-0.4, -0.2) is 12.3 Å². The van der Waals surface area contributed by atoms with Crippen molar-refractivity contribution in [2.75, 3.05) is 12.3 Å². The molecule has 0 amide bonds. The van der Waals surface area contributed by atoms with Gasteiger partial charge in [-0.15, -0.1) is 11.8 Å². The van der Waals surface area contributed by atoms with Gasteiger partial charge in [0.1, 0.15) is 0 Å². The minimum absolute atomic E-state index is 0.579. The number of hydrogen-bond donors (Lipinski definition) is 1. The summed E-state index contributed by atoms with van der Waals surface area (Å²) in [6.45, 7) is 3.58. The van der Waals surface area contributed by atoms with Crippen molar-refractivity contribution in [3.05, 3.63) is 29.8 Å². The van der Waals surface area contributed by atoms with Crippen LogP contribution in [0.25, 0.3) is 0 Å². The zero-order chi connectivity index (χ0) is 12.4. The molecule has 2 heteroatoms. The lowest BCUT2D eigenvalue weighted by molar-refractivity contribution is 0.259. The summed E-state index contributed by atoms with van der Waals surface area (Å²) in [6, 6.07) is 9.45. The third-order valence-electron chi connectivity index (χ3n) is 4.84. The average molecular weight is 261 g/mol. The van der Waals surface area contributed by atoms with E-state index in [0.717, 1.165) is 0 Å². The summed E-state index contributed by atoms with van der Waals surface area (Å²) >= 11 is 2.00. The van der Waals surface area contributed by atoms with Crippen molar-refractivity contribution in [1.82, 2.24) is 5.32 Å². The highest BCUT2D eigenvalue weighted by atomic mass is 32.2. The van der Waals surface area contributed by atoms with Crippen LogP contribution in [-0.2, 0) is 0 Å². The van der Waals surface area contributed by atoms with Crippen molar-refractivity contribution in [2.45, 2.75) is 50.0 Å². The van der Waals surface area contributed by atoms with Gasteiger partial charge in [-0.1, -0.05) is 38.0 Å². The topological polar surface area (TPSA) is 12.0 Å². The van der Waals surface area contributed by atoms with Crippen LogP contribution in [0.2, 0.25) is 0 Å². The molecule has 1 nitrogen and oxygen atoms in total. The van der Waals surface area contributed by atoms with Crippen LogP contribution in [0.5, 0.6) is 0 Å². The molecule has 3 rings (SSSR count). The number of benzene rings is 1. The van der Waals surface area contributed by atoms with Gasteiger partial charge in [0.05, 0.1) is 0 Å². The maximum atomic E-state index is 3.85. The van der Waals surface area contributed by atoms with Gasteiger partial charge < -0.3 is 5.32 Å². The number of thioether (sulfide) groups is 1. The summed E-state index contributed by atoms with van der Waals surface area (Å²) in [7, 11) is 0. The Morgan fingerprint density at radius 1 is 1.28 bits per heavy atom.